The van der Waals surface area contributed by atoms with Crippen molar-refractivity contribution in [2.45, 2.75) is 6.42 Å². The highest BCUT2D eigenvalue weighted by Gasteiger charge is 2.01. The van der Waals surface area contributed by atoms with Gasteiger partial charge in [0.25, 0.3) is 0 Å². The van der Waals surface area contributed by atoms with Crippen molar-refractivity contribution in [3.63, 3.8) is 0 Å². The van der Waals surface area contributed by atoms with Gasteiger partial charge in [0.2, 0.25) is 0 Å². The molecule has 0 saturated carbocycles. The average molecular weight is 226 g/mol. The minimum Gasteiger partial charge on any atom is -0.330 e. The number of rotatable bonds is 3. The van der Waals surface area contributed by atoms with Crippen molar-refractivity contribution in [1.82, 2.24) is 0 Å². The first-order valence-corrected chi connectivity index (χ1v) is 4.68. The molecule has 2 N–H and O–H groups in total. The zero-order chi connectivity index (χ0) is 8.97. The van der Waals surface area contributed by atoms with Gasteiger partial charge in [-0.25, -0.2) is 0 Å². The van der Waals surface area contributed by atoms with Crippen LogP contribution in [0.1, 0.15) is 11.1 Å². The van der Waals surface area contributed by atoms with Gasteiger partial charge in [-0.1, -0.05) is 40.7 Å². The molecule has 0 heterocycles. The van der Waals surface area contributed by atoms with E-state index in [2.05, 4.69) is 22.5 Å². The molecule has 1 nitrogen and oxygen atoms in total. The van der Waals surface area contributed by atoms with Crippen LogP contribution in [-0.4, -0.2) is 6.54 Å². The van der Waals surface area contributed by atoms with Crippen molar-refractivity contribution in [1.29, 1.82) is 0 Å². The summed E-state index contributed by atoms with van der Waals surface area (Å²) in [6.07, 6.45) is 2.75. The van der Waals surface area contributed by atoms with Crippen molar-refractivity contribution in [3.8, 4) is 0 Å². The van der Waals surface area contributed by atoms with Gasteiger partial charge in [-0.05, 0) is 30.2 Å². The Morgan fingerprint density at radius 2 is 2.25 bits per heavy atom. The van der Waals surface area contributed by atoms with Crippen LogP contribution in [0.4, 0.5) is 0 Å². The zero-order valence-electron chi connectivity index (χ0n) is 6.89. The Morgan fingerprint density at radius 1 is 1.50 bits per heavy atom. The smallest absolute Gasteiger partial charge is 0.0213 e. The van der Waals surface area contributed by atoms with Crippen LogP contribution in [0.25, 0.3) is 6.08 Å². The molecule has 0 saturated heterocycles. The first-order valence-electron chi connectivity index (χ1n) is 3.89. The lowest BCUT2D eigenvalue weighted by Gasteiger charge is -2.06. The predicted octanol–water partition coefficient (Wildman–Crippen LogP) is 2.59. The SMILES string of the molecule is C=Cc1cccc(Br)c1CCN. The predicted molar refractivity (Wildman–Crippen MR) is 57.0 cm³/mol. The lowest BCUT2D eigenvalue weighted by molar-refractivity contribution is 0.960. The van der Waals surface area contributed by atoms with Crippen LogP contribution in [0.3, 0.4) is 0 Å². The Hall–Kier alpha value is -0.600. The summed E-state index contributed by atoms with van der Waals surface area (Å²) in [5, 5.41) is 0. The van der Waals surface area contributed by atoms with Gasteiger partial charge < -0.3 is 5.73 Å². The number of hydrogen-bond donors (Lipinski definition) is 1. The van der Waals surface area contributed by atoms with Gasteiger partial charge >= 0.3 is 0 Å². The van der Waals surface area contributed by atoms with E-state index in [4.69, 9.17) is 5.73 Å². The molecular weight excluding hydrogens is 214 g/mol. The molecule has 0 spiro atoms. The third-order valence-electron chi connectivity index (χ3n) is 1.77. The van der Waals surface area contributed by atoms with Gasteiger partial charge in [-0.3, -0.25) is 0 Å². The van der Waals surface area contributed by atoms with Crippen LogP contribution in [0, 0.1) is 0 Å². The maximum Gasteiger partial charge on any atom is 0.0213 e. The molecule has 0 fully saturated rings. The number of hydrogen-bond acceptors (Lipinski definition) is 1. The molecule has 0 aliphatic rings. The molecule has 1 aromatic rings. The van der Waals surface area contributed by atoms with E-state index in [1.807, 2.05) is 24.3 Å². The quantitative estimate of drug-likeness (QED) is 0.842. The van der Waals surface area contributed by atoms with Gasteiger partial charge in [0.15, 0.2) is 0 Å². The lowest BCUT2D eigenvalue weighted by Crippen LogP contribution is -2.04. The van der Waals surface area contributed by atoms with E-state index in [1.54, 1.807) is 0 Å². The maximum absolute atomic E-state index is 5.50. The van der Waals surface area contributed by atoms with E-state index >= 15 is 0 Å². The molecular formula is C10H12BrN. The maximum atomic E-state index is 5.50. The summed E-state index contributed by atoms with van der Waals surface area (Å²) in [6, 6.07) is 6.07. The minimum absolute atomic E-state index is 0.670. The van der Waals surface area contributed by atoms with Crippen LogP contribution in [0.5, 0.6) is 0 Å². The van der Waals surface area contributed by atoms with E-state index < -0.39 is 0 Å². The molecule has 2 heteroatoms. The topological polar surface area (TPSA) is 26.0 Å². The van der Waals surface area contributed by atoms with Gasteiger partial charge in [0.1, 0.15) is 0 Å². The second-order valence-electron chi connectivity index (χ2n) is 2.55. The van der Waals surface area contributed by atoms with Gasteiger partial charge in [0, 0.05) is 4.47 Å². The monoisotopic (exact) mass is 225 g/mol. The minimum atomic E-state index is 0.670. The van der Waals surface area contributed by atoms with Crippen LogP contribution in [0.15, 0.2) is 29.3 Å². The second kappa shape index (κ2) is 4.43. The van der Waals surface area contributed by atoms with Crippen LogP contribution >= 0.6 is 15.9 Å². The Labute approximate surface area is 81.4 Å². The fourth-order valence-electron chi connectivity index (χ4n) is 1.17. The Bertz CT molecular complexity index is 281. The molecule has 0 unspecified atom stereocenters. The van der Waals surface area contributed by atoms with E-state index in [1.165, 1.54) is 5.56 Å². The Morgan fingerprint density at radius 3 is 2.83 bits per heavy atom. The van der Waals surface area contributed by atoms with Gasteiger partial charge in [0.05, 0.1) is 0 Å². The molecule has 12 heavy (non-hydrogen) atoms. The summed E-state index contributed by atoms with van der Waals surface area (Å²) < 4.78 is 1.12. The normalized spacial score (nSPS) is 9.83. The van der Waals surface area contributed by atoms with Crippen molar-refractivity contribution >= 4 is 22.0 Å². The molecule has 0 aliphatic heterocycles. The van der Waals surface area contributed by atoms with Crippen LogP contribution in [-0.2, 0) is 6.42 Å². The molecule has 0 atom stereocenters. The molecule has 0 radical (unpaired) electrons. The number of nitrogens with two attached hydrogens (primary N) is 1. The first-order chi connectivity index (χ1) is 5.79. The molecule has 1 rings (SSSR count). The lowest BCUT2D eigenvalue weighted by atomic mass is 10.1. The molecule has 0 bridgehead atoms. The highest BCUT2D eigenvalue weighted by atomic mass is 79.9. The van der Waals surface area contributed by atoms with E-state index in [0.717, 1.165) is 16.5 Å². The zero-order valence-corrected chi connectivity index (χ0v) is 8.47. The second-order valence-corrected chi connectivity index (χ2v) is 3.40. The summed E-state index contributed by atoms with van der Waals surface area (Å²) in [4.78, 5) is 0. The largest absolute Gasteiger partial charge is 0.330 e. The standard InChI is InChI=1S/C10H12BrN/c1-2-8-4-3-5-10(11)9(8)6-7-12/h2-5H,1,6-7,12H2. The third kappa shape index (κ3) is 1.96. The summed E-state index contributed by atoms with van der Waals surface area (Å²) in [7, 11) is 0. The summed E-state index contributed by atoms with van der Waals surface area (Å²) in [6.45, 7) is 4.42. The molecule has 0 aliphatic carbocycles. The van der Waals surface area contributed by atoms with E-state index in [9.17, 15) is 0 Å². The first kappa shape index (κ1) is 9.49. The molecule has 1 aromatic carbocycles. The van der Waals surface area contributed by atoms with E-state index in [-0.39, 0.29) is 0 Å². The van der Waals surface area contributed by atoms with Crippen molar-refractivity contribution in [2.75, 3.05) is 6.54 Å². The number of benzene rings is 1. The highest BCUT2D eigenvalue weighted by molar-refractivity contribution is 9.10. The molecule has 0 amide bonds. The van der Waals surface area contributed by atoms with Crippen LogP contribution in [0.2, 0.25) is 0 Å². The van der Waals surface area contributed by atoms with Crippen LogP contribution < -0.4 is 5.73 Å². The Kier molecular flexibility index (Phi) is 3.50. The van der Waals surface area contributed by atoms with Crippen molar-refractivity contribution < 1.29 is 0 Å². The van der Waals surface area contributed by atoms with Crippen molar-refractivity contribution in [3.05, 3.63) is 40.4 Å². The Balaban J connectivity index is 3.10. The van der Waals surface area contributed by atoms with Gasteiger partial charge in [-0.2, -0.15) is 0 Å². The fourth-order valence-corrected chi connectivity index (χ4v) is 1.75. The van der Waals surface area contributed by atoms with Crippen molar-refractivity contribution in [2.24, 2.45) is 5.73 Å². The molecule has 64 valence electrons. The van der Waals surface area contributed by atoms with Gasteiger partial charge in [-0.15, -0.1) is 0 Å². The average Bonchev–Trinajstić information content (AvgIpc) is 2.09. The summed E-state index contributed by atoms with van der Waals surface area (Å²) in [5.74, 6) is 0. The molecule has 0 aromatic heterocycles. The van der Waals surface area contributed by atoms with E-state index in [0.29, 0.717) is 6.54 Å². The highest BCUT2D eigenvalue weighted by Crippen LogP contribution is 2.21. The number of halogens is 1. The summed E-state index contributed by atoms with van der Waals surface area (Å²) >= 11 is 3.49. The third-order valence-corrected chi connectivity index (χ3v) is 2.51. The fraction of sp³-hybridized carbons (Fsp3) is 0.200. The summed E-state index contributed by atoms with van der Waals surface area (Å²) in [5.41, 5.74) is 7.91.